The van der Waals surface area contributed by atoms with Gasteiger partial charge in [-0.2, -0.15) is 0 Å². The van der Waals surface area contributed by atoms with Crippen molar-refractivity contribution in [3.8, 4) is 0 Å². The fourth-order valence-electron chi connectivity index (χ4n) is 4.51. The SMILES string of the molecule is CCC=CCC=CCC=CCCCCCCCC(=O)O[C@H](COC(=O)CCCCCCCC=CCCCC)COP(=O)(O)OCCN. The van der Waals surface area contributed by atoms with Gasteiger partial charge in [-0.05, 0) is 64.2 Å². The molecule has 0 aliphatic carbocycles. The molecule has 1 unspecified atom stereocenters. The van der Waals surface area contributed by atoms with Crippen LogP contribution >= 0.6 is 7.82 Å². The largest absolute Gasteiger partial charge is 0.472 e. The van der Waals surface area contributed by atoms with E-state index in [1.807, 2.05) is 0 Å². The number of rotatable bonds is 33. The van der Waals surface area contributed by atoms with E-state index in [0.717, 1.165) is 96.3 Å². The lowest BCUT2D eigenvalue weighted by atomic mass is 10.1. The number of hydrogen-bond acceptors (Lipinski definition) is 8. The number of carbonyl (C=O) groups excluding carboxylic acids is 2. The average Bonchev–Trinajstić information content (AvgIpc) is 3.05. The summed E-state index contributed by atoms with van der Waals surface area (Å²) in [7, 11) is -4.37. The second-order valence-corrected chi connectivity index (χ2v) is 13.2. The van der Waals surface area contributed by atoms with E-state index in [4.69, 9.17) is 24.3 Å². The molecule has 0 aromatic heterocycles. The Bertz CT molecular complexity index is 918. The third kappa shape index (κ3) is 33.7. The maximum absolute atomic E-state index is 12.5. The Morgan fingerprint density at radius 2 is 1.17 bits per heavy atom. The molecule has 0 spiro atoms. The van der Waals surface area contributed by atoms with E-state index in [9.17, 15) is 19.0 Å². The van der Waals surface area contributed by atoms with E-state index in [-0.39, 0.29) is 32.6 Å². The molecule has 0 aliphatic heterocycles. The molecule has 47 heavy (non-hydrogen) atoms. The van der Waals surface area contributed by atoms with Gasteiger partial charge in [0, 0.05) is 19.4 Å². The van der Waals surface area contributed by atoms with Crippen LogP contribution in [0.2, 0.25) is 0 Å². The van der Waals surface area contributed by atoms with Crippen molar-refractivity contribution in [3.05, 3.63) is 48.6 Å². The number of phosphoric ester groups is 1. The van der Waals surface area contributed by atoms with Gasteiger partial charge in [0.2, 0.25) is 0 Å². The van der Waals surface area contributed by atoms with E-state index in [2.05, 4.69) is 62.5 Å². The van der Waals surface area contributed by atoms with Gasteiger partial charge >= 0.3 is 19.8 Å². The minimum atomic E-state index is -4.37. The molecule has 9 nitrogen and oxygen atoms in total. The van der Waals surface area contributed by atoms with Crippen LogP contribution in [-0.4, -0.2) is 49.3 Å². The first kappa shape index (κ1) is 45.0. The van der Waals surface area contributed by atoms with E-state index in [1.165, 1.54) is 12.8 Å². The monoisotopic (exact) mass is 683 g/mol. The van der Waals surface area contributed by atoms with Crippen LogP contribution in [0.15, 0.2) is 48.6 Å². The number of esters is 2. The molecular weight excluding hydrogens is 617 g/mol. The Kier molecular flexibility index (Phi) is 32.4. The Hall–Kier alpha value is -2.03. The highest BCUT2D eigenvalue weighted by atomic mass is 31.2. The minimum absolute atomic E-state index is 0.0474. The molecular formula is C37H66NO8P. The summed E-state index contributed by atoms with van der Waals surface area (Å²) in [4.78, 5) is 34.6. The maximum Gasteiger partial charge on any atom is 0.472 e. The fourth-order valence-corrected chi connectivity index (χ4v) is 5.27. The zero-order valence-electron chi connectivity index (χ0n) is 29.5. The summed E-state index contributed by atoms with van der Waals surface area (Å²) in [5, 5.41) is 0. The first-order valence-corrected chi connectivity index (χ1v) is 19.6. The highest BCUT2D eigenvalue weighted by molar-refractivity contribution is 7.47. The van der Waals surface area contributed by atoms with Crippen LogP contribution in [0.3, 0.4) is 0 Å². The highest BCUT2D eigenvalue weighted by Gasteiger charge is 2.25. The van der Waals surface area contributed by atoms with E-state index in [0.29, 0.717) is 6.42 Å². The van der Waals surface area contributed by atoms with Crippen molar-refractivity contribution >= 4 is 19.8 Å². The van der Waals surface area contributed by atoms with Crippen molar-refractivity contribution in [2.24, 2.45) is 5.73 Å². The molecule has 3 N–H and O–H groups in total. The molecule has 0 saturated heterocycles. The highest BCUT2D eigenvalue weighted by Crippen LogP contribution is 2.43. The Labute approximate surface area is 286 Å². The molecule has 0 radical (unpaired) electrons. The van der Waals surface area contributed by atoms with Crippen molar-refractivity contribution < 1.29 is 37.6 Å². The number of carbonyl (C=O) groups is 2. The second kappa shape index (κ2) is 33.9. The molecule has 0 rings (SSSR count). The first-order valence-electron chi connectivity index (χ1n) is 18.1. The second-order valence-electron chi connectivity index (χ2n) is 11.7. The van der Waals surface area contributed by atoms with Crippen LogP contribution in [0.4, 0.5) is 0 Å². The van der Waals surface area contributed by atoms with E-state index < -0.39 is 32.5 Å². The van der Waals surface area contributed by atoms with Crippen molar-refractivity contribution in [2.45, 2.75) is 148 Å². The van der Waals surface area contributed by atoms with Crippen LogP contribution in [0.1, 0.15) is 142 Å². The topological polar surface area (TPSA) is 134 Å². The van der Waals surface area contributed by atoms with Crippen LogP contribution in [0.25, 0.3) is 0 Å². The number of hydrogen-bond donors (Lipinski definition) is 2. The van der Waals surface area contributed by atoms with Gasteiger partial charge in [0.25, 0.3) is 0 Å². The summed E-state index contributed by atoms with van der Waals surface area (Å²) in [6.45, 7) is 3.52. The summed E-state index contributed by atoms with van der Waals surface area (Å²) >= 11 is 0. The molecule has 0 aliphatic rings. The van der Waals surface area contributed by atoms with Gasteiger partial charge in [0.05, 0.1) is 13.2 Å². The van der Waals surface area contributed by atoms with E-state index >= 15 is 0 Å². The molecule has 0 saturated carbocycles. The van der Waals surface area contributed by atoms with Gasteiger partial charge in [0.15, 0.2) is 6.10 Å². The lowest BCUT2D eigenvalue weighted by Gasteiger charge is -2.19. The van der Waals surface area contributed by atoms with Gasteiger partial charge in [0.1, 0.15) is 6.61 Å². The maximum atomic E-state index is 12.5. The number of allylic oxidation sites excluding steroid dienone is 8. The third-order valence-electron chi connectivity index (χ3n) is 7.20. The van der Waals surface area contributed by atoms with Crippen LogP contribution in [0.5, 0.6) is 0 Å². The van der Waals surface area contributed by atoms with Crippen molar-refractivity contribution in [3.63, 3.8) is 0 Å². The predicted molar refractivity (Wildman–Crippen MR) is 192 cm³/mol. The first-order chi connectivity index (χ1) is 22.8. The Balaban J connectivity index is 4.30. The molecule has 2 atom stereocenters. The smallest absolute Gasteiger partial charge is 0.462 e. The third-order valence-corrected chi connectivity index (χ3v) is 8.18. The van der Waals surface area contributed by atoms with Crippen LogP contribution in [0, 0.1) is 0 Å². The molecule has 0 bridgehead atoms. The summed E-state index contributed by atoms with van der Waals surface area (Å²) in [5.74, 6) is -0.866. The standard InChI is InChI=1S/C37H66NO8P/c1-3-5-7-9-11-13-15-16-17-18-20-22-24-26-28-30-37(40)46-35(34-45-47(41,42)44-32-31-38)33-43-36(39)29-27-25-23-21-19-14-12-10-8-6-4-2/h5,7,10-13,16-17,35H,3-4,6,8-9,14-15,18-34,38H2,1-2H3,(H,41,42)/t35-/m1/s1. The van der Waals surface area contributed by atoms with Gasteiger partial charge < -0.3 is 20.1 Å². The van der Waals surface area contributed by atoms with Gasteiger partial charge in [-0.15, -0.1) is 0 Å². The number of phosphoric acid groups is 1. The van der Waals surface area contributed by atoms with Gasteiger partial charge in [-0.1, -0.05) is 114 Å². The quantitative estimate of drug-likeness (QED) is 0.0300. The number of nitrogens with two attached hydrogens (primary N) is 1. The summed E-state index contributed by atoms with van der Waals surface area (Å²) in [5.41, 5.74) is 5.32. The number of ether oxygens (including phenoxy) is 2. The normalized spacial score (nSPS) is 14.0. The lowest BCUT2D eigenvalue weighted by Crippen LogP contribution is -2.29. The summed E-state index contributed by atoms with van der Waals surface area (Å²) in [6, 6.07) is 0. The Morgan fingerprint density at radius 1 is 0.660 bits per heavy atom. The molecule has 0 aromatic rings. The van der Waals surface area contributed by atoms with Crippen LogP contribution in [-0.2, 0) is 32.7 Å². The van der Waals surface area contributed by atoms with Crippen molar-refractivity contribution in [2.75, 3.05) is 26.4 Å². The molecule has 10 heteroatoms. The Morgan fingerprint density at radius 3 is 1.77 bits per heavy atom. The van der Waals surface area contributed by atoms with E-state index in [1.54, 1.807) is 0 Å². The molecule has 0 aromatic carbocycles. The lowest BCUT2D eigenvalue weighted by molar-refractivity contribution is -0.161. The predicted octanol–water partition coefficient (Wildman–Crippen LogP) is 9.60. The minimum Gasteiger partial charge on any atom is -0.462 e. The molecule has 272 valence electrons. The summed E-state index contributed by atoms with van der Waals surface area (Å²) < 4.78 is 32.6. The number of unbranched alkanes of at least 4 members (excludes halogenated alkanes) is 12. The molecule has 0 fully saturated rings. The van der Waals surface area contributed by atoms with Crippen molar-refractivity contribution in [1.29, 1.82) is 0 Å². The fraction of sp³-hybridized carbons (Fsp3) is 0.730. The average molecular weight is 684 g/mol. The molecule has 0 amide bonds. The zero-order chi connectivity index (χ0) is 34.7. The van der Waals surface area contributed by atoms with Crippen molar-refractivity contribution in [1.82, 2.24) is 0 Å². The van der Waals surface area contributed by atoms with Crippen LogP contribution < -0.4 is 5.73 Å². The van der Waals surface area contributed by atoms with Gasteiger partial charge in [-0.25, -0.2) is 4.57 Å². The zero-order valence-corrected chi connectivity index (χ0v) is 30.4. The molecule has 0 heterocycles. The summed E-state index contributed by atoms with van der Waals surface area (Å²) in [6.07, 6.45) is 35.7. The van der Waals surface area contributed by atoms with Gasteiger partial charge in [-0.3, -0.25) is 18.6 Å².